The summed E-state index contributed by atoms with van der Waals surface area (Å²) in [6.07, 6.45) is 3.84. The van der Waals surface area contributed by atoms with Crippen molar-refractivity contribution < 1.29 is 19.4 Å². The van der Waals surface area contributed by atoms with Crippen LogP contribution in [-0.4, -0.2) is 53.4 Å². The number of hydrogen-bond acceptors (Lipinski definition) is 7. The van der Waals surface area contributed by atoms with E-state index in [4.69, 9.17) is 15.2 Å². The van der Waals surface area contributed by atoms with Gasteiger partial charge in [-0.25, -0.2) is 4.98 Å². The van der Waals surface area contributed by atoms with Gasteiger partial charge in [-0.15, -0.1) is 0 Å². The molecule has 2 rings (SSSR count). The predicted octanol–water partition coefficient (Wildman–Crippen LogP) is -0.0162. The van der Waals surface area contributed by atoms with Gasteiger partial charge in [-0.05, 0) is 12.1 Å². The Kier molecular flexibility index (Phi) is 6.93. The second-order valence-electron chi connectivity index (χ2n) is 4.92. The van der Waals surface area contributed by atoms with Crippen molar-refractivity contribution in [1.82, 2.24) is 15.3 Å². The first kappa shape index (κ1) is 17.6. The molecule has 1 heterocycles. The summed E-state index contributed by atoms with van der Waals surface area (Å²) >= 11 is 0. The molecule has 8 nitrogen and oxygen atoms in total. The third kappa shape index (κ3) is 5.82. The molecule has 0 aliphatic rings. The number of para-hydroxylation sites is 1. The Labute approximate surface area is 139 Å². The molecule has 0 aliphatic carbocycles. The van der Waals surface area contributed by atoms with Gasteiger partial charge in [0, 0.05) is 25.5 Å². The van der Waals surface area contributed by atoms with E-state index in [2.05, 4.69) is 15.3 Å². The fourth-order valence-corrected chi connectivity index (χ4v) is 1.90. The Morgan fingerprint density at radius 1 is 1.29 bits per heavy atom. The molecule has 128 valence electrons. The number of nitrogens with two attached hydrogens (primary N) is 1. The Morgan fingerprint density at radius 2 is 2.12 bits per heavy atom. The summed E-state index contributed by atoms with van der Waals surface area (Å²) in [5, 5.41) is 12.8. The normalized spacial score (nSPS) is 11.7. The number of nitrogens with zero attached hydrogens (tertiary/aromatic N) is 2. The molecule has 0 bridgehead atoms. The van der Waals surface area contributed by atoms with Gasteiger partial charge in [-0.1, -0.05) is 12.1 Å². The Morgan fingerprint density at radius 3 is 2.88 bits per heavy atom. The van der Waals surface area contributed by atoms with Crippen LogP contribution in [0.15, 0.2) is 42.9 Å². The van der Waals surface area contributed by atoms with Crippen LogP contribution < -0.4 is 20.5 Å². The van der Waals surface area contributed by atoms with E-state index in [0.29, 0.717) is 36.9 Å². The number of hydrogen-bond donors (Lipinski definition) is 3. The standard InChI is InChI=1S/C16H20N4O4/c17-16(22)13-3-1-2-4-14(13)23-8-7-19-9-12(21)11-24-15-10-18-5-6-20-15/h1-6,10,12,19,21H,7-9,11H2,(H2,17,22). The number of aliphatic hydroxyl groups excluding tert-OH is 1. The molecule has 1 aromatic heterocycles. The molecule has 1 amide bonds. The van der Waals surface area contributed by atoms with E-state index < -0.39 is 12.0 Å². The first-order chi connectivity index (χ1) is 11.7. The van der Waals surface area contributed by atoms with Gasteiger partial charge >= 0.3 is 0 Å². The van der Waals surface area contributed by atoms with Crippen LogP contribution in [0, 0.1) is 0 Å². The number of benzene rings is 1. The van der Waals surface area contributed by atoms with E-state index in [0.717, 1.165) is 0 Å². The van der Waals surface area contributed by atoms with E-state index in [-0.39, 0.29) is 6.61 Å². The largest absolute Gasteiger partial charge is 0.491 e. The van der Waals surface area contributed by atoms with Crippen molar-refractivity contribution in [2.75, 3.05) is 26.3 Å². The average Bonchev–Trinajstić information content (AvgIpc) is 2.61. The molecule has 1 atom stereocenters. The maximum absolute atomic E-state index is 11.3. The van der Waals surface area contributed by atoms with Crippen LogP contribution in [-0.2, 0) is 0 Å². The van der Waals surface area contributed by atoms with Crippen molar-refractivity contribution >= 4 is 5.91 Å². The van der Waals surface area contributed by atoms with Crippen LogP contribution in [0.4, 0.5) is 0 Å². The first-order valence-corrected chi connectivity index (χ1v) is 7.46. The van der Waals surface area contributed by atoms with Gasteiger partial charge in [-0.2, -0.15) is 0 Å². The minimum atomic E-state index is -0.690. The third-order valence-electron chi connectivity index (χ3n) is 3.03. The third-order valence-corrected chi connectivity index (χ3v) is 3.03. The number of primary amides is 1. The Bertz CT molecular complexity index is 639. The van der Waals surface area contributed by atoms with E-state index >= 15 is 0 Å². The zero-order valence-corrected chi connectivity index (χ0v) is 13.1. The second kappa shape index (κ2) is 9.43. The second-order valence-corrected chi connectivity index (χ2v) is 4.92. The fourth-order valence-electron chi connectivity index (χ4n) is 1.90. The zero-order chi connectivity index (χ0) is 17.2. The topological polar surface area (TPSA) is 120 Å². The minimum Gasteiger partial charge on any atom is -0.491 e. The average molecular weight is 332 g/mol. The summed E-state index contributed by atoms with van der Waals surface area (Å²) in [5.41, 5.74) is 5.62. The lowest BCUT2D eigenvalue weighted by atomic mass is 10.2. The number of ether oxygens (including phenoxy) is 2. The minimum absolute atomic E-state index is 0.108. The molecule has 0 spiro atoms. The lowest BCUT2D eigenvalue weighted by Gasteiger charge is -2.13. The van der Waals surface area contributed by atoms with Crippen molar-refractivity contribution in [3.8, 4) is 11.6 Å². The lowest BCUT2D eigenvalue weighted by Crippen LogP contribution is -2.33. The van der Waals surface area contributed by atoms with E-state index in [1.807, 2.05) is 0 Å². The van der Waals surface area contributed by atoms with Gasteiger partial charge in [0.2, 0.25) is 5.88 Å². The molecule has 1 aromatic carbocycles. The number of aliphatic hydroxyl groups is 1. The molecular formula is C16H20N4O4. The van der Waals surface area contributed by atoms with Crippen LogP contribution >= 0.6 is 0 Å². The summed E-state index contributed by atoms with van der Waals surface area (Å²) < 4.78 is 10.8. The monoisotopic (exact) mass is 332 g/mol. The van der Waals surface area contributed by atoms with E-state index in [1.54, 1.807) is 30.5 Å². The van der Waals surface area contributed by atoms with Crippen LogP contribution in [0.25, 0.3) is 0 Å². The number of aromatic nitrogens is 2. The molecule has 4 N–H and O–H groups in total. The van der Waals surface area contributed by atoms with Gasteiger partial charge in [0.1, 0.15) is 25.1 Å². The molecular weight excluding hydrogens is 312 g/mol. The number of carbonyl (C=O) groups is 1. The number of amides is 1. The van der Waals surface area contributed by atoms with Crippen molar-refractivity contribution in [3.63, 3.8) is 0 Å². The van der Waals surface area contributed by atoms with Gasteiger partial charge in [0.25, 0.3) is 5.91 Å². The van der Waals surface area contributed by atoms with Crippen LogP contribution in [0.1, 0.15) is 10.4 Å². The van der Waals surface area contributed by atoms with Crippen LogP contribution in [0.3, 0.4) is 0 Å². The number of nitrogens with one attached hydrogen (secondary N) is 1. The molecule has 0 fully saturated rings. The van der Waals surface area contributed by atoms with Crippen molar-refractivity contribution in [3.05, 3.63) is 48.4 Å². The summed E-state index contributed by atoms with van der Waals surface area (Å²) in [6.45, 7) is 1.27. The molecule has 0 aliphatic heterocycles. The highest BCUT2D eigenvalue weighted by molar-refractivity contribution is 5.95. The molecule has 8 heteroatoms. The molecule has 2 aromatic rings. The van der Waals surface area contributed by atoms with E-state index in [9.17, 15) is 9.90 Å². The summed E-state index contributed by atoms with van der Waals surface area (Å²) in [6, 6.07) is 6.78. The van der Waals surface area contributed by atoms with Crippen LogP contribution in [0.5, 0.6) is 11.6 Å². The maximum atomic E-state index is 11.3. The summed E-state index contributed by atoms with van der Waals surface area (Å²) in [7, 11) is 0. The molecule has 0 radical (unpaired) electrons. The summed E-state index contributed by atoms with van der Waals surface area (Å²) in [4.78, 5) is 19.1. The molecule has 0 saturated carbocycles. The molecule has 0 saturated heterocycles. The predicted molar refractivity (Wildman–Crippen MR) is 86.9 cm³/mol. The van der Waals surface area contributed by atoms with Gasteiger partial charge in [-0.3, -0.25) is 9.78 Å². The first-order valence-electron chi connectivity index (χ1n) is 7.46. The smallest absolute Gasteiger partial charge is 0.252 e. The lowest BCUT2D eigenvalue weighted by molar-refractivity contribution is 0.0995. The Hall–Kier alpha value is -2.71. The van der Waals surface area contributed by atoms with Crippen molar-refractivity contribution in [1.29, 1.82) is 0 Å². The van der Waals surface area contributed by atoms with Gasteiger partial charge in [0.15, 0.2) is 0 Å². The fraction of sp³-hybridized carbons (Fsp3) is 0.312. The van der Waals surface area contributed by atoms with Crippen molar-refractivity contribution in [2.45, 2.75) is 6.10 Å². The molecule has 1 unspecified atom stereocenters. The SMILES string of the molecule is NC(=O)c1ccccc1OCCNCC(O)COc1cnccn1. The van der Waals surface area contributed by atoms with Crippen molar-refractivity contribution in [2.24, 2.45) is 5.73 Å². The highest BCUT2D eigenvalue weighted by Gasteiger charge is 2.08. The molecule has 24 heavy (non-hydrogen) atoms. The maximum Gasteiger partial charge on any atom is 0.252 e. The number of carbonyl (C=O) groups excluding carboxylic acids is 1. The van der Waals surface area contributed by atoms with E-state index in [1.165, 1.54) is 12.4 Å². The van der Waals surface area contributed by atoms with Crippen LogP contribution in [0.2, 0.25) is 0 Å². The van der Waals surface area contributed by atoms with Gasteiger partial charge in [0.05, 0.1) is 11.8 Å². The van der Waals surface area contributed by atoms with Gasteiger partial charge < -0.3 is 25.6 Å². The summed E-state index contributed by atoms with van der Waals surface area (Å²) in [5.74, 6) is 0.274. The zero-order valence-electron chi connectivity index (χ0n) is 13.1. The quantitative estimate of drug-likeness (QED) is 0.523. The highest BCUT2D eigenvalue weighted by atomic mass is 16.5. The number of rotatable bonds is 10. The Balaban J connectivity index is 1.62. The highest BCUT2D eigenvalue weighted by Crippen LogP contribution is 2.16.